The van der Waals surface area contributed by atoms with Gasteiger partial charge in [0.05, 0.1) is 11.2 Å². The normalized spacial score (nSPS) is 10.0. The fourth-order valence-corrected chi connectivity index (χ4v) is 1.79. The van der Waals surface area contributed by atoms with Gasteiger partial charge in [-0.25, -0.2) is 9.97 Å². The van der Waals surface area contributed by atoms with E-state index in [0.29, 0.717) is 0 Å². The molecular weight excluding hydrogens is 270 g/mol. The SMILES string of the molecule is CC(=O)NC(=Nc1nc(C)c2ccccc2n1)NC(C)=O. The Balaban J connectivity index is 2.45. The lowest BCUT2D eigenvalue weighted by atomic mass is 10.2. The maximum absolute atomic E-state index is 11.1. The van der Waals surface area contributed by atoms with Crippen molar-refractivity contribution in [2.45, 2.75) is 20.8 Å². The van der Waals surface area contributed by atoms with Gasteiger partial charge >= 0.3 is 0 Å². The van der Waals surface area contributed by atoms with E-state index in [9.17, 15) is 9.59 Å². The standard InChI is InChI=1S/C14H15N5O2/c1-8-11-6-4-5-7-12(11)18-13(15-8)19-14(16-9(2)20)17-10(3)21/h4-7H,1-3H3,(H2,15,16,17,18,19,20,21). The number of nitrogens with one attached hydrogen (secondary N) is 2. The summed E-state index contributed by atoms with van der Waals surface area (Å²) >= 11 is 0. The number of hydrogen-bond donors (Lipinski definition) is 2. The van der Waals surface area contributed by atoms with Gasteiger partial charge in [0.15, 0.2) is 0 Å². The van der Waals surface area contributed by atoms with Crippen molar-refractivity contribution in [2.75, 3.05) is 0 Å². The summed E-state index contributed by atoms with van der Waals surface area (Å²) in [7, 11) is 0. The molecule has 21 heavy (non-hydrogen) atoms. The highest BCUT2D eigenvalue weighted by Crippen LogP contribution is 2.17. The largest absolute Gasteiger partial charge is 0.296 e. The molecule has 1 aromatic carbocycles. The number of rotatable bonds is 1. The number of fused-ring (bicyclic) bond motifs is 1. The highest BCUT2D eigenvalue weighted by Gasteiger charge is 2.07. The van der Waals surface area contributed by atoms with E-state index in [-0.39, 0.29) is 23.7 Å². The average molecular weight is 285 g/mol. The number of nitrogens with zero attached hydrogens (tertiary/aromatic N) is 3. The zero-order chi connectivity index (χ0) is 15.4. The topological polar surface area (TPSA) is 96.3 Å². The number of carbonyl (C=O) groups is 2. The van der Waals surface area contributed by atoms with Gasteiger partial charge < -0.3 is 0 Å². The number of aromatic nitrogens is 2. The molecule has 1 aromatic heterocycles. The summed E-state index contributed by atoms with van der Waals surface area (Å²) in [5, 5.41) is 5.78. The summed E-state index contributed by atoms with van der Waals surface area (Å²) in [5.41, 5.74) is 1.51. The molecule has 2 N–H and O–H groups in total. The molecule has 0 saturated heterocycles. The van der Waals surface area contributed by atoms with Crippen LogP contribution in [0.2, 0.25) is 0 Å². The Labute approximate surface area is 121 Å². The lowest BCUT2D eigenvalue weighted by Crippen LogP contribution is -2.41. The number of carbonyl (C=O) groups excluding carboxylic acids is 2. The van der Waals surface area contributed by atoms with Gasteiger partial charge in [-0.15, -0.1) is 0 Å². The van der Waals surface area contributed by atoms with E-state index in [1.54, 1.807) is 0 Å². The Morgan fingerprint density at radius 3 is 2.29 bits per heavy atom. The molecule has 0 bridgehead atoms. The molecule has 0 unspecified atom stereocenters. The van der Waals surface area contributed by atoms with Crippen molar-refractivity contribution in [2.24, 2.45) is 4.99 Å². The van der Waals surface area contributed by atoms with Crippen molar-refractivity contribution < 1.29 is 9.59 Å². The van der Waals surface area contributed by atoms with Crippen molar-refractivity contribution >= 4 is 34.6 Å². The van der Waals surface area contributed by atoms with E-state index in [0.717, 1.165) is 16.6 Å². The minimum atomic E-state index is -0.347. The Hall–Kier alpha value is -2.83. The third kappa shape index (κ3) is 3.82. The summed E-state index contributed by atoms with van der Waals surface area (Å²) in [5.74, 6) is -0.520. The van der Waals surface area contributed by atoms with Crippen LogP contribution in [0.1, 0.15) is 19.5 Å². The Bertz CT molecular complexity index is 721. The van der Waals surface area contributed by atoms with Crippen LogP contribution in [0.4, 0.5) is 5.95 Å². The molecule has 7 nitrogen and oxygen atoms in total. The molecular formula is C14H15N5O2. The first-order valence-electron chi connectivity index (χ1n) is 6.33. The maximum Gasteiger partial charge on any atom is 0.253 e. The first-order valence-corrected chi connectivity index (χ1v) is 6.33. The predicted octanol–water partition coefficient (Wildman–Crippen LogP) is 1.20. The number of guanidine groups is 1. The Kier molecular flexibility index (Phi) is 4.22. The average Bonchev–Trinajstić information content (AvgIpc) is 2.37. The van der Waals surface area contributed by atoms with Crippen LogP contribution in [0.15, 0.2) is 29.3 Å². The monoisotopic (exact) mass is 285 g/mol. The zero-order valence-corrected chi connectivity index (χ0v) is 12.0. The van der Waals surface area contributed by atoms with Crippen LogP contribution in [0.5, 0.6) is 0 Å². The molecule has 0 atom stereocenters. The minimum Gasteiger partial charge on any atom is -0.296 e. The molecule has 7 heteroatoms. The second-order valence-corrected chi connectivity index (χ2v) is 4.45. The van der Waals surface area contributed by atoms with E-state index in [2.05, 4.69) is 25.6 Å². The van der Waals surface area contributed by atoms with Crippen molar-refractivity contribution in [3.05, 3.63) is 30.0 Å². The fraction of sp³-hybridized carbons (Fsp3) is 0.214. The first-order chi connectivity index (χ1) is 9.95. The van der Waals surface area contributed by atoms with Gasteiger partial charge in [-0.1, -0.05) is 18.2 Å². The van der Waals surface area contributed by atoms with Crippen LogP contribution in [0, 0.1) is 6.92 Å². The summed E-state index contributed by atoms with van der Waals surface area (Å²) in [4.78, 5) is 34.9. The Morgan fingerprint density at radius 2 is 1.67 bits per heavy atom. The van der Waals surface area contributed by atoms with Gasteiger partial charge in [0.1, 0.15) is 0 Å². The third-order valence-corrected chi connectivity index (χ3v) is 2.58. The second-order valence-electron chi connectivity index (χ2n) is 4.45. The number of aliphatic imine (C=N–C) groups is 1. The van der Waals surface area contributed by atoms with Crippen LogP contribution in [0.3, 0.4) is 0 Å². The molecule has 1 heterocycles. The highest BCUT2D eigenvalue weighted by atomic mass is 16.2. The lowest BCUT2D eigenvalue weighted by molar-refractivity contribution is -0.117. The number of hydrogen-bond acceptors (Lipinski definition) is 5. The highest BCUT2D eigenvalue weighted by molar-refractivity contribution is 6.04. The molecule has 0 aliphatic rings. The van der Waals surface area contributed by atoms with Crippen molar-refractivity contribution in [3.8, 4) is 0 Å². The van der Waals surface area contributed by atoms with Crippen LogP contribution in [-0.2, 0) is 9.59 Å². The summed E-state index contributed by atoms with van der Waals surface area (Å²) in [6.07, 6.45) is 0. The van der Waals surface area contributed by atoms with E-state index in [4.69, 9.17) is 0 Å². The quantitative estimate of drug-likeness (QED) is 0.607. The third-order valence-electron chi connectivity index (χ3n) is 2.58. The van der Waals surface area contributed by atoms with Crippen molar-refractivity contribution in [1.82, 2.24) is 20.6 Å². The summed E-state index contributed by atoms with van der Waals surface area (Å²) in [6, 6.07) is 7.53. The lowest BCUT2D eigenvalue weighted by Gasteiger charge is -2.07. The molecule has 2 rings (SSSR count). The smallest absolute Gasteiger partial charge is 0.253 e. The van der Waals surface area contributed by atoms with Crippen molar-refractivity contribution in [3.63, 3.8) is 0 Å². The van der Waals surface area contributed by atoms with Gasteiger partial charge in [-0.05, 0) is 13.0 Å². The first kappa shape index (κ1) is 14.6. The molecule has 2 aromatic rings. The number of amides is 2. The number of aryl methyl sites for hydroxylation is 1. The van der Waals surface area contributed by atoms with E-state index in [1.165, 1.54) is 13.8 Å². The van der Waals surface area contributed by atoms with Gasteiger partial charge in [0.25, 0.3) is 5.95 Å². The molecule has 0 spiro atoms. The van der Waals surface area contributed by atoms with Gasteiger partial charge in [0.2, 0.25) is 17.8 Å². The van der Waals surface area contributed by atoms with E-state index < -0.39 is 0 Å². The molecule has 0 aliphatic carbocycles. The Morgan fingerprint density at radius 1 is 1.05 bits per heavy atom. The van der Waals surface area contributed by atoms with Gasteiger partial charge in [-0.3, -0.25) is 20.2 Å². The molecule has 2 amide bonds. The number of para-hydroxylation sites is 1. The molecule has 0 saturated carbocycles. The fourth-order valence-electron chi connectivity index (χ4n) is 1.79. The van der Waals surface area contributed by atoms with Crippen LogP contribution < -0.4 is 10.6 Å². The van der Waals surface area contributed by atoms with Gasteiger partial charge in [0, 0.05) is 19.2 Å². The summed E-state index contributed by atoms with van der Waals surface area (Å²) in [6.45, 7) is 4.49. The van der Waals surface area contributed by atoms with Crippen LogP contribution in [0.25, 0.3) is 10.9 Å². The van der Waals surface area contributed by atoms with Crippen molar-refractivity contribution in [1.29, 1.82) is 0 Å². The van der Waals surface area contributed by atoms with Gasteiger partial charge in [-0.2, -0.15) is 4.99 Å². The summed E-state index contributed by atoms with van der Waals surface area (Å²) < 4.78 is 0. The molecule has 0 aliphatic heterocycles. The van der Waals surface area contributed by atoms with E-state index in [1.807, 2.05) is 31.2 Å². The molecule has 0 radical (unpaired) electrons. The zero-order valence-electron chi connectivity index (χ0n) is 12.0. The minimum absolute atomic E-state index is 0.00433. The number of benzene rings is 1. The molecule has 0 fully saturated rings. The van der Waals surface area contributed by atoms with E-state index >= 15 is 0 Å². The second kappa shape index (κ2) is 6.08. The van der Waals surface area contributed by atoms with Crippen LogP contribution in [-0.4, -0.2) is 27.7 Å². The maximum atomic E-state index is 11.1. The molecule has 108 valence electrons. The van der Waals surface area contributed by atoms with Crippen LogP contribution >= 0.6 is 0 Å². The predicted molar refractivity (Wildman–Crippen MR) is 79.0 cm³/mol.